The summed E-state index contributed by atoms with van der Waals surface area (Å²) in [5, 5.41) is 15.7. The zero-order valence-corrected chi connectivity index (χ0v) is 14.5. The number of benzene rings is 1. The Morgan fingerprint density at radius 3 is 2.60 bits per heavy atom. The van der Waals surface area contributed by atoms with E-state index in [1.165, 1.54) is 31.2 Å². The van der Waals surface area contributed by atoms with Crippen molar-refractivity contribution >= 4 is 17.5 Å². The molecule has 1 aromatic rings. The quantitative estimate of drug-likeness (QED) is 0.566. The minimum Gasteiger partial charge on any atom is -0.509 e. The predicted octanol–water partition coefficient (Wildman–Crippen LogP) is 3.56. The summed E-state index contributed by atoms with van der Waals surface area (Å²) < 4.78 is 0. The summed E-state index contributed by atoms with van der Waals surface area (Å²) in [5.41, 5.74) is 0.689. The molecular weight excluding hydrogens is 316 g/mol. The topological polar surface area (TPSA) is 78.4 Å². The molecule has 1 saturated carbocycles. The Kier molecular flexibility index (Phi) is 4.66. The van der Waals surface area contributed by atoms with Crippen molar-refractivity contribution in [3.05, 3.63) is 53.8 Å². The molecule has 1 aromatic carbocycles. The van der Waals surface area contributed by atoms with Gasteiger partial charge < -0.3 is 15.7 Å². The second-order valence-corrected chi connectivity index (χ2v) is 7.06. The Balaban J connectivity index is 1.74. The molecule has 0 saturated heterocycles. The van der Waals surface area contributed by atoms with Crippen LogP contribution in [0.4, 0.5) is 5.69 Å². The molecule has 1 aliphatic carbocycles. The number of aliphatic hydroxyl groups is 1. The van der Waals surface area contributed by atoms with Crippen LogP contribution in [-0.4, -0.2) is 22.5 Å². The van der Waals surface area contributed by atoms with E-state index in [0.29, 0.717) is 18.0 Å². The summed E-state index contributed by atoms with van der Waals surface area (Å²) >= 11 is 0. The van der Waals surface area contributed by atoms with Crippen molar-refractivity contribution in [3.63, 3.8) is 0 Å². The van der Waals surface area contributed by atoms with E-state index >= 15 is 0 Å². The van der Waals surface area contributed by atoms with Gasteiger partial charge in [-0.2, -0.15) is 0 Å². The molecule has 1 unspecified atom stereocenters. The van der Waals surface area contributed by atoms with E-state index in [1.54, 1.807) is 13.0 Å². The van der Waals surface area contributed by atoms with Crippen LogP contribution in [0.2, 0.25) is 0 Å². The van der Waals surface area contributed by atoms with E-state index in [2.05, 4.69) is 17.2 Å². The van der Waals surface area contributed by atoms with Gasteiger partial charge in [0.15, 0.2) is 0 Å². The molecule has 25 heavy (non-hydrogen) atoms. The fourth-order valence-electron chi connectivity index (χ4n) is 3.69. The number of aliphatic hydroxyl groups excluding tert-OH is 1. The second-order valence-electron chi connectivity index (χ2n) is 7.06. The number of amides is 2. The SMILES string of the molecule is C=CCC1(C)NC(=O)C(C(=O)Nc2ccc(C3CCCC3)cc2)=C1O. The second kappa shape index (κ2) is 6.75. The smallest absolute Gasteiger partial charge is 0.264 e. The third-order valence-electron chi connectivity index (χ3n) is 5.15. The largest absolute Gasteiger partial charge is 0.509 e. The van der Waals surface area contributed by atoms with Crippen LogP contribution in [0, 0.1) is 0 Å². The number of nitrogens with one attached hydrogen (secondary N) is 2. The van der Waals surface area contributed by atoms with Gasteiger partial charge in [-0.15, -0.1) is 6.58 Å². The highest BCUT2D eigenvalue weighted by Crippen LogP contribution is 2.34. The lowest BCUT2D eigenvalue weighted by Gasteiger charge is -2.22. The maximum absolute atomic E-state index is 12.5. The van der Waals surface area contributed by atoms with Gasteiger partial charge in [-0.05, 0) is 49.8 Å². The molecule has 132 valence electrons. The van der Waals surface area contributed by atoms with Crippen LogP contribution in [0.1, 0.15) is 50.5 Å². The Morgan fingerprint density at radius 1 is 1.36 bits per heavy atom. The average molecular weight is 340 g/mol. The Morgan fingerprint density at radius 2 is 2.00 bits per heavy atom. The fraction of sp³-hybridized carbons (Fsp3) is 0.400. The highest BCUT2D eigenvalue weighted by molar-refractivity contribution is 6.24. The normalized spacial score (nSPS) is 23.6. The van der Waals surface area contributed by atoms with E-state index in [-0.39, 0.29) is 11.3 Å². The van der Waals surface area contributed by atoms with Gasteiger partial charge in [-0.1, -0.05) is 31.1 Å². The van der Waals surface area contributed by atoms with Gasteiger partial charge in [-0.3, -0.25) is 9.59 Å². The first-order valence-electron chi connectivity index (χ1n) is 8.73. The lowest BCUT2D eigenvalue weighted by atomic mass is 9.96. The van der Waals surface area contributed by atoms with Gasteiger partial charge >= 0.3 is 0 Å². The van der Waals surface area contributed by atoms with Crippen LogP contribution in [0.15, 0.2) is 48.3 Å². The number of anilines is 1. The summed E-state index contributed by atoms with van der Waals surface area (Å²) in [4.78, 5) is 24.6. The lowest BCUT2D eigenvalue weighted by Crippen LogP contribution is -2.41. The van der Waals surface area contributed by atoms with E-state index in [4.69, 9.17) is 0 Å². The maximum atomic E-state index is 12.5. The molecular formula is C20H24N2O3. The van der Waals surface area contributed by atoms with Gasteiger partial charge in [0, 0.05) is 5.69 Å². The standard InChI is InChI=1S/C20H24N2O3/c1-3-12-20(2)17(23)16(19(25)22-20)18(24)21-15-10-8-14(9-11-15)13-6-4-5-7-13/h3,8-11,13,23H,1,4-7,12H2,2H3,(H,21,24)(H,22,25). The zero-order chi connectivity index (χ0) is 18.0. The molecule has 0 bridgehead atoms. The summed E-state index contributed by atoms with van der Waals surface area (Å²) in [7, 11) is 0. The van der Waals surface area contributed by atoms with Gasteiger partial charge in [-0.25, -0.2) is 0 Å². The summed E-state index contributed by atoms with van der Waals surface area (Å²) in [6.45, 7) is 5.29. The third kappa shape index (κ3) is 3.31. The maximum Gasteiger partial charge on any atom is 0.264 e. The van der Waals surface area contributed by atoms with Crippen molar-refractivity contribution in [1.82, 2.24) is 5.32 Å². The molecule has 1 aliphatic heterocycles. The van der Waals surface area contributed by atoms with E-state index in [1.807, 2.05) is 24.3 Å². The minimum atomic E-state index is -0.974. The number of rotatable bonds is 5. The molecule has 1 atom stereocenters. The molecule has 5 heteroatoms. The van der Waals surface area contributed by atoms with Gasteiger partial charge in [0.2, 0.25) is 0 Å². The van der Waals surface area contributed by atoms with Crippen LogP contribution in [0.25, 0.3) is 0 Å². The Bertz CT molecular complexity index is 730. The number of carbonyl (C=O) groups excluding carboxylic acids is 2. The molecule has 1 fully saturated rings. The number of carbonyl (C=O) groups is 2. The molecule has 0 spiro atoms. The van der Waals surface area contributed by atoms with E-state index < -0.39 is 17.4 Å². The zero-order valence-electron chi connectivity index (χ0n) is 14.5. The molecule has 2 amide bonds. The first-order valence-corrected chi connectivity index (χ1v) is 8.73. The van der Waals surface area contributed by atoms with E-state index in [0.717, 1.165) is 0 Å². The average Bonchev–Trinajstić information content (AvgIpc) is 3.16. The fourth-order valence-corrected chi connectivity index (χ4v) is 3.69. The number of hydrogen-bond acceptors (Lipinski definition) is 3. The van der Waals surface area contributed by atoms with Crippen molar-refractivity contribution in [1.29, 1.82) is 0 Å². The molecule has 1 heterocycles. The first-order chi connectivity index (χ1) is 11.9. The van der Waals surface area contributed by atoms with Crippen LogP contribution in [-0.2, 0) is 9.59 Å². The van der Waals surface area contributed by atoms with Crippen LogP contribution in [0.3, 0.4) is 0 Å². The highest BCUT2D eigenvalue weighted by atomic mass is 16.3. The van der Waals surface area contributed by atoms with Gasteiger partial charge in [0.25, 0.3) is 11.8 Å². The van der Waals surface area contributed by atoms with Crippen LogP contribution in [0.5, 0.6) is 0 Å². The van der Waals surface area contributed by atoms with Crippen molar-refractivity contribution in [2.24, 2.45) is 0 Å². The minimum absolute atomic E-state index is 0.232. The van der Waals surface area contributed by atoms with Crippen molar-refractivity contribution in [2.75, 3.05) is 5.32 Å². The van der Waals surface area contributed by atoms with Gasteiger partial charge in [0.05, 0.1) is 5.54 Å². The summed E-state index contributed by atoms with van der Waals surface area (Å²) in [5.74, 6) is -0.799. The van der Waals surface area contributed by atoms with Crippen molar-refractivity contribution < 1.29 is 14.7 Å². The molecule has 3 rings (SSSR count). The van der Waals surface area contributed by atoms with E-state index in [9.17, 15) is 14.7 Å². The molecule has 0 aromatic heterocycles. The molecule has 5 nitrogen and oxygen atoms in total. The molecule has 0 radical (unpaired) electrons. The van der Waals surface area contributed by atoms with Crippen LogP contribution >= 0.6 is 0 Å². The highest BCUT2D eigenvalue weighted by Gasteiger charge is 2.43. The summed E-state index contributed by atoms with van der Waals surface area (Å²) in [6, 6.07) is 7.74. The van der Waals surface area contributed by atoms with Crippen molar-refractivity contribution in [2.45, 2.75) is 50.5 Å². The molecule has 2 aliphatic rings. The van der Waals surface area contributed by atoms with Gasteiger partial charge in [0.1, 0.15) is 11.3 Å². The van der Waals surface area contributed by atoms with Crippen LogP contribution < -0.4 is 10.6 Å². The Hall–Kier alpha value is -2.56. The third-order valence-corrected chi connectivity index (χ3v) is 5.15. The first kappa shape index (κ1) is 17.3. The summed E-state index contributed by atoms with van der Waals surface area (Å²) in [6.07, 6.45) is 6.92. The monoisotopic (exact) mass is 340 g/mol. The predicted molar refractivity (Wildman–Crippen MR) is 97.3 cm³/mol. The lowest BCUT2D eigenvalue weighted by molar-refractivity contribution is -0.121. The molecule has 3 N–H and O–H groups in total. The number of hydrogen-bond donors (Lipinski definition) is 3. The Labute approximate surface area is 147 Å². The van der Waals surface area contributed by atoms with Crippen molar-refractivity contribution in [3.8, 4) is 0 Å².